The van der Waals surface area contributed by atoms with E-state index in [2.05, 4.69) is 30.5 Å². The highest BCUT2D eigenvalue weighted by Crippen LogP contribution is 2.48. The summed E-state index contributed by atoms with van der Waals surface area (Å²) in [5, 5.41) is 17.9. The molecule has 3 atom stereocenters. The van der Waals surface area contributed by atoms with Crippen molar-refractivity contribution in [3.05, 3.63) is 47.2 Å². The van der Waals surface area contributed by atoms with Gasteiger partial charge < -0.3 is 30.0 Å². The molecule has 1 saturated carbocycles. The minimum absolute atomic E-state index is 0.0337. The quantitative estimate of drug-likeness (QED) is 0.447. The molecule has 3 N–H and O–H groups in total. The Kier molecular flexibility index (Phi) is 7.58. The summed E-state index contributed by atoms with van der Waals surface area (Å²) >= 11 is 0. The van der Waals surface area contributed by atoms with Crippen LogP contribution in [0.1, 0.15) is 75.6 Å². The lowest BCUT2D eigenvalue weighted by atomic mass is 9.73. The molecule has 0 radical (unpaired) electrons. The number of hydrogen-bond acceptors (Lipinski definition) is 7. The first-order chi connectivity index (χ1) is 17.8. The lowest BCUT2D eigenvalue weighted by molar-refractivity contribution is -0.122. The molecule has 2 aliphatic heterocycles. The van der Waals surface area contributed by atoms with Gasteiger partial charge in [0, 0.05) is 37.2 Å². The molecule has 1 spiro atoms. The number of carbonyl (C=O) groups excluding carboxylic acids is 1. The molecule has 37 heavy (non-hydrogen) atoms. The van der Waals surface area contributed by atoms with E-state index in [1.54, 1.807) is 0 Å². The predicted molar refractivity (Wildman–Crippen MR) is 140 cm³/mol. The number of ether oxygens (including phenoxy) is 3. The van der Waals surface area contributed by atoms with E-state index in [0.29, 0.717) is 42.7 Å². The van der Waals surface area contributed by atoms with Crippen LogP contribution in [0.3, 0.4) is 0 Å². The van der Waals surface area contributed by atoms with Crippen molar-refractivity contribution in [1.82, 2.24) is 15.6 Å². The van der Waals surface area contributed by atoms with E-state index < -0.39 is 12.1 Å². The second-order valence-electron chi connectivity index (χ2n) is 11.1. The number of rotatable bonds is 10. The Balaban J connectivity index is 1.31. The molecule has 1 aromatic carbocycles. The van der Waals surface area contributed by atoms with Crippen LogP contribution in [0.15, 0.2) is 30.5 Å². The fraction of sp³-hybridized carbons (Fsp3) is 0.586. The summed E-state index contributed by atoms with van der Waals surface area (Å²) in [6.07, 6.45) is 7.04. The number of nitrogens with one attached hydrogen (secondary N) is 2. The number of aromatic nitrogens is 1. The number of aliphatic hydroxyl groups excluding tert-OH is 1. The molecule has 0 bridgehead atoms. The van der Waals surface area contributed by atoms with E-state index in [4.69, 9.17) is 19.2 Å². The van der Waals surface area contributed by atoms with Gasteiger partial charge in [-0.15, -0.1) is 0 Å². The second-order valence-corrected chi connectivity index (χ2v) is 11.1. The molecule has 1 fully saturated rings. The Labute approximate surface area is 219 Å². The van der Waals surface area contributed by atoms with Gasteiger partial charge in [-0.1, -0.05) is 26.8 Å². The van der Waals surface area contributed by atoms with Gasteiger partial charge in [-0.3, -0.25) is 4.79 Å². The number of pyridine rings is 1. The van der Waals surface area contributed by atoms with Gasteiger partial charge in [-0.25, -0.2) is 4.98 Å². The largest absolute Gasteiger partial charge is 0.471 e. The highest BCUT2D eigenvalue weighted by molar-refractivity contribution is 5.76. The van der Waals surface area contributed by atoms with Crippen molar-refractivity contribution < 1.29 is 24.1 Å². The van der Waals surface area contributed by atoms with Gasteiger partial charge in [0.25, 0.3) is 0 Å². The van der Waals surface area contributed by atoms with Crippen LogP contribution >= 0.6 is 0 Å². The molecule has 1 aliphatic carbocycles. The molecule has 0 saturated heterocycles. The van der Waals surface area contributed by atoms with Crippen LogP contribution in [0.5, 0.6) is 17.4 Å². The minimum atomic E-state index is -0.781. The van der Waals surface area contributed by atoms with Gasteiger partial charge >= 0.3 is 0 Å². The molecule has 3 heterocycles. The zero-order valence-electron chi connectivity index (χ0n) is 22.1. The lowest BCUT2D eigenvalue weighted by Crippen LogP contribution is -2.52. The molecule has 3 aliphatic rings. The van der Waals surface area contributed by atoms with Crippen molar-refractivity contribution >= 4 is 5.91 Å². The molecule has 1 amide bonds. The summed E-state index contributed by atoms with van der Waals surface area (Å²) in [7, 11) is 0. The number of hydrogen-bond donors (Lipinski definition) is 3. The van der Waals surface area contributed by atoms with Gasteiger partial charge in [-0.05, 0) is 67.3 Å². The SMILES string of the molecule is CCC(=O)N[C@@H](Cc1ccc2c(c1)OCO2)[C@H](O)CN[C@H]1CC2(CCC2)Oc2ncc(CC(C)C)cc21. The standard InChI is InChI=1S/C29H39N3O5/c1-4-27(34)32-22(12-19-6-7-25-26(13-19)36-17-35-25)24(33)16-30-23-14-29(8-5-9-29)37-28-21(23)11-20(15-31-28)10-18(2)3/h6-7,11,13,15,18,22-24,30,33H,4-5,8-10,12,14,16-17H2,1-3H3,(H,32,34)/t22-,23-,24+/m0/s1. The average molecular weight is 510 g/mol. The summed E-state index contributed by atoms with van der Waals surface area (Å²) < 4.78 is 17.3. The van der Waals surface area contributed by atoms with Crippen LogP contribution in [-0.2, 0) is 17.6 Å². The average Bonchev–Trinajstić information content (AvgIpc) is 3.33. The number of carbonyl (C=O) groups is 1. The van der Waals surface area contributed by atoms with E-state index in [0.717, 1.165) is 43.2 Å². The second kappa shape index (κ2) is 10.9. The number of nitrogens with zero attached hydrogens (tertiary/aromatic N) is 1. The van der Waals surface area contributed by atoms with Crippen molar-refractivity contribution in [2.45, 2.75) is 89.5 Å². The van der Waals surface area contributed by atoms with Crippen molar-refractivity contribution in [3.8, 4) is 17.4 Å². The molecule has 200 valence electrons. The lowest BCUT2D eigenvalue weighted by Gasteiger charge is -2.47. The van der Waals surface area contributed by atoms with E-state index in [9.17, 15) is 9.90 Å². The first-order valence-electron chi connectivity index (χ1n) is 13.6. The van der Waals surface area contributed by atoms with Gasteiger partial charge in [-0.2, -0.15) is 0 Å². The molecule has 8 heteroatoms. The highest BCUT2D eigenvalue weighted by atomic mass is 16.7. The van der Waals surface area contributed by atoms with Crippen molar-refractivity contribution in [2.24, 2.45) is 5.92 Å². The maximum Gasteiger partial charge on any atom is 0.231 e. The molecular formula is C29H39N3O5. The predicted octanol–water partition coefficient (Wildman–Crippen LogP) is 3.84. The highest BCUT2D eigenvalue weighted by Gasteiger charge is 2.46. The van der Waals surface area contributed by atoms with E-state index in [-0.39, 0.29) is 24.3 Å². The molecular weight excluding hydrogens is 470 g/mol. The number of fused-ring (bicyclic) bond motifs is 2. The van der Waals surface area contributed by atoms with Crippen LogP contribution in [0, 0.1) is 5.92 Å². The van der Waals surface area contributed by atoms with Crippen LogP contribution in [0.25, 0.3) is 0 Å². The molecule has 5 rings (SSSR count). The third kappa shape index (κ3) is 5.85. The van der Waals surface area contributed by atoms with Gasteiger partial charge in [0.1, 0.15) is 5.60 Å². The van der Waals surface area contributed by atoms with Crippen LogP contribution in [0.4, 0.5) is 0 Å². The summed E-state index contributed by atoms with van der Waals surface area (Å²) in [6.45, 7) is 6.78. The Bertz CT molecular complexity index is 1120. The summed E-state index contributed by atoms with van der Waals surface area (Å²) in [5.41, 5.74) is 3.07. The van der Waals surface area contributed by atoms with Crippen molar-refractivity contribution in [1.29, 1.82) is 0 Å². The van der Waals surface area contributed by atoms with Gasteiger partial charge in [0.2, 0.25) is 18.6 Å². The number of benzene rings is 1. The molecule has 1 aromatic heterocycles. The Morgan fingerprint density at radius 1 is 1.16 bits per heavy atom. The Hall–Kier alpha value is -2.84. The van der Waals surface area contributed by atoms with Gasteiger partial charge in [0.15, 0.2) is 11.5 Å². The first-order valence-corrected chi connectivity index (χ1v) is 13.6. The minimum Gasteiger partial charge on any atom is -0.471 e. The summed E-state index contributed by atoms with van der Waals surface area (Å²) in [6, 6.07) is 7.55. The van der Waals surface area contributed by atoms with Crippen LogP contribution < -0.4 is 24.8 Å². The number of amides is 1. The molecule has 2 aromatic rings. The zero-order valence-corrected chi connectivity index (χ0v) is 22.1. The topological polar surface area (TPSA) is 102 Å². The normalized spacial score (nSPS) is 20.6. The fourth-order valence-corrected chi connectivity index (χ4v) is 5.54. The Morgan fingerprint density at radius 3 is 2.70 bits per heavy atom. The Morgan fingerprint density at radius 2 is 1.97 bits per heavy atom. The fourth-order valence-electron chi connectivity index (χ4n) is 5.54. The van der Waals surface area contributed by atoms with Crippen molar-refractivity contribution in [2.75, 3.05) is 13.3 Å². The molecule has 8 nitrogen and oxygen atoms in total. The summed E-state index contributed by atoms with van der Waals surface area (Å²) in [5.74, 6) is 2.57. The van der Waals surface area contributed by atoms with Crippen LogP contribution in [0.2, 0.25) is 0 Å². The smallest absolute Gasteiger partial charge is 0.231 e. The summed E-state index contributed by atoms with van der Waals surface area (Å²) in [4.78, 5) is 17.0. The third-order valence-corrected chi connectivity index (χ3v) is 7.71. The van der Waals surface area contributed by atoms with E-state index in [1.807, 2.05) is 31.3 Å². The van der Waals surface area contributed by atoms with Crippen molar-refractivity contribution in [3.63, 3.8) is 0 Å². The maximum absolute atomic E-state index is 12.3. The van der Waals surface area contributed by atoms with Crippen LogP contribution in [-0.4, -0.2) is 47.1 Å². The van der Waals surface area contributed by atoms with E-state index >= 15 is 0 Å². The van der Waals surface area contributed by atoms with E-state index in [1.165, 1.54) is 5.56 Å². The number of aliphatic hydroxyl groups is 1. The first kappa shape index (κ1) is 25.8. The third-order valence-electron chi connectivity index (χ3n) is 7.71. The zero-order chi connectivity index (χ0) is 26.0. The van der Waals surface area contributed by atoms with Gasteiger partial charge in [0.05, 0.1) is 12.1 Å². The molecule has 0 unspecified atom stereocenters. The maximum atomic E-state index is 12.3. The monoisotopic (exact) mass is 509 g/mol.